The number of likely N-dealkylation sites (tertiary alicyclic amines) is 1. The van der Waals surface area contributed by atoms with Crippen LogP contribution in [0.5, 0.6) is 6.01 Å². The molecule has 2 saturated heterocycles. The zero-order valence-corrected chi connectivity index (χ0v) is 24.8. The molecule has 0 bridgehead atoms. The zero-order valence-electron chi connectivity index (χ0n) is 27.8. The van der Waals surface area contributed by atoms with Gasteiger partial charge >= 0.3 is 6.01 Å². The van der Waals surface area contributed by atoms with Crippen LogP contribution in [-0.4, -0.2) is 83.6 Å². The molecule has 2 aromatic carbocycles. The van der Waals surface area contributed by atoms with Crippen LogP contribution in [-0.2, 0) is 17.8 Å². The van der Waals surface area contributed by atoms with Gasteiger partial charge in [-0.15, -0.1) is 0 Å². The summed E-state index contributed by atoms with van der Waals surface area (Å²) in [6, 6.07) is 15.0. The highest BCUT2D eigenvalue weighted by Crippen LogP contribution is 2.36. The second-order valence-electron chi connectivity index (χ2n) is 11.7. The van der Waals surface area contributed by atoms with Crippen molar-refractivity contribution in [2.24, 2.45) is 0 Å². The van der Waals surface area contributed by atoms with E-state index in [1.807, 2.05) is 4.90 Å². The van der Waals surface area contributed by atoms with Crippen LogP contribution in [0.25, 0.3) is 10.8 Å². The van der Waals surface area contributed by atoms with Gasteiger partial charge in [0.25, 0.3) is 0 Å². The van der Waals surface area contributed by atoms with Crippen molar-refractivity contribution in [1.29, 1.82) is 5.26 Å². The number of hydrogen-bond acceptors (Lipinski definition) is 8. The topological polar surface area (TPSA) is 88.8 Å². The first-order valence-corrected chi connectivity index (χ1v) is 15.2. The van der Waals surface area contributed by atoms with Gasteiger partial charge in [0.1, 0.15) is 12.4 Å². The molecular weight excluding hydrogens is 538 g/mol. The van der Waals surface area contributed by atoms with Crippen LogP contribution >= 0.6 is 0 Å². The number of nitrogens with zero attached hydrogens (tertiary/aromatic N) is 7. The van der Waals surface area contributed by atoms with E-state index in [0.717, 1.165) is 49.4 Å². The number of likely N-dealkylation sites (N-methyl/N-ethyl adjacent to an activating group) is 1. The summed E-state index contributed by atoms with van der Waals surface area (Å²) in [6.07, 6.45) is 4.03. The Morgan fingerprint density at radius 3 is 2.84 bits per heavy atom. The maximum absolute atomic E-state index is 12.6. The van der Waals surface area contributed by atoms with Gasteiger partial charge in [0.15, 0.2) is 0 Å². The largest absolute Gasteiger partial charge is 0.462 e. The third-order valence-corrected chi connectivity index (χ3v) is 9.13. The molecular formula is C34H41N7O2. The number of benzene rings is 2. The fourth-order valence-corrected chi connectivity index (χ4v) is 6.89. The highest BCUT2D eigenvalue weighted by atomic mass is 16.5. The molecule has 0 saturated carbocycles. The quantitative estimate of drug-likeness (QED) is 0.359. The Hall–Kier alpha value is -4.16. The number of carbonyl (C=O) groups is 1. The second kappa shape index (κ2) is 12.6. The monoisotopic (exact) mass is 582 g/mol. The van der Waals surface area contributed by atoms with Crippen LogP contribution in [0.3, 0.4) is 0 Å². The van der Waals surface area contributed by atoms with Gasteiger partial charge in [-0.05, 0) is 62.4 Å². The first-order chi connectivity index (χ1) is 22.1. The molecule has 2 atom stereocenters. The normalized spacial score (nSPS) is 22.0. The van der Waals surface area contributed by atoms with Crippen molar-refractivity contribution >= 4 is 28.2 Å². The summed E-state index contributed by atoms with van der Waals surface area (Å²) < 4.78 is 29.5. The molecule has 9 heteroatoms. The fourth-order valence-electron chi connectivity index (χ4n) is 6.89. The smallest absolute Gasteiger partial charge is 0.318 e. The Balaban J connectivity index is 1.32. The summed E-state index contributed by atoms with van der Waals surface area (Å²) >= 11 is 0. The number of aryl methyl sites for hydroxylation is 1. The fraction of sp³-hybridized carbons (Fsp3) is 0.471. The number of piperazine rings is 1. The zero-order chi connectivity index (χ0) is 32.4. The van der Waals surface area contributed by atoms with Gasteiger partial charge in [0.05, 0.1) is 30.8 Å². The Labute approximate surface area is 258 Å². The third kappa shape index (κ3) is 5.76. The average Bonchev–Trinajstić information content (AvgIpc) is 3.48. The minimum atomic E-state index is -2.03. The number of anilines is 2. The number of amides is 1. The molecule has 1 amide bonds. The number of rotatable bonds is 8. The molecule has 3 aliphatic heterocycles. The van der Waals surface area contributed by atoms with Gasteiger partial charge in [-0.25, -0.2) is 0 Å². The van der Waals surface area contributed by atoms with Crippen molar-refractivity contribution in [1.82, 2.24) is 19.8 Å². The van der Waals surface area contributed by atoms with E-state index in [1.165, 1.54) is 28.1 Å². The number of hydrogen-bond donors (Lipinski definition) is 0. The summed E-state index contributed by atoms with van der Waals surface area (Å²) in [5, 5.41) is 12.0. The maximum atomic E-state index is 12.6. The van der Waals surface area contributed by atoms with E-state index in [-0.39, 0.29) is 37.0 Å². The Morgan fingerprint density at radius 2 is 2.02 bits per heavy atom. The highest BCUT2D eigenvalue weighted by Gasteiger charge is 2.34. The summed E-state index contributed by atoms with van der Waals surface area (Å²) in [5.74, 6) is 0.612. The molecule has 4 heterocycles. The first kappa shape index (κ1) is 25.3. The van der Waals surface area contributed by atoms with Crippen molar-refractivity contribution < 1.29 is 13.6 Å². The third-order valence-electron chi connectivity index (χ3n) is 9.13. The SMILES string of the molecule is [2H]C([2H])([2H])CN1CCC[C@H]1COc1nc2c(c(N3CCN(C(=O)C=C)[C@@H](CC#N)C3)n1)CCN(c1cccc3cccc(C)c13)C2. The lowest BCUT2D eigenvalue weighted by Gasteiger charge is -2.42. The molecule has 0 aliphatic carbocycles. The standard InChI is InChI=1S/C34H41N7O2/c1-4-31(42)41-20-19-40(21-26(41)14-16-35)33-28-15-18-39(30-13-7-11-25-10-6-9-24(3)32(25)30)22-29(28)36-34(37-33)43-23-27-12-8-17-38(27)5-2/h4,6-7,9-11,13,26-27H,1,5,8,12,14-15,17-23H2,2-3H3/t26-,27-/m0/s1/i2D3. The van der Waals surface area contributed by atoms with E-state index in [0.29, 0.717) is 32.8 Å². The van der Waals surface area contributed by atoms with Gasteiger partial charge in [-0.3, -0.25) is 9.69 Å². The molecule has 2 fully saturated rings. The van der Waals surface area contributed by atoms with Crippen LogP contribution in [0.15, 0.2) is 49.1 Å². The Morgan fingerprint density at radius 1 is 1.16 bits per heavy atom. The lowest BCUT2D eigenvalue weighted by molar-refractivity contribution is -0.128. The summed E-state index contributed by atoms with van der Waals surface area (Å²) in [7, 11) is 0. The number of aromatic nitrogens is 2. The van der Waals surface area contributed by atoms with Crippen molar-refractivity contribution in [3.63, 3.8) is 0 Å². The Bertz CT molecular complexity index is 1650. The average molecular weight is 583 g/mol. The van der Waals surface area contributed by atoms with Gasteiger partial charge in [-0.1, -0.05) is 43.8 Å². The van der Waals surface area contributed by atoms with Crippen LogP contribution in [0, 0.1) is 18.3 Å². The molecule has 0 unspecified atom stereocenters. The molecule has 0 spiro atoms. The van der Waals surface area contributed by atoms with Crippen LogP contribution < -0.4 is 14.5 Å². The van der Waals surface area contributed by atoms with Gasteiger partial charge in [-0.2, -0.15) is 15.2 Å². The number of nitriles is 1. The first-order valence-electron chi connectivity index (χ1n) is 16.7. The molecule has 224 valence electrons. The van der Waals surface area contributed by atoms with E-state index < -0.39 is 6.85 Å². The molecule has 3 aliphatic rings. The minimum absolute atomic E-state index is 0.0212. The van der Waals surface area contributed by atoms with E-state index in [9.17, 15) is 10.1 Å². The van der Waals surface area contributed by atoms with Crippen molar-refractivity contribution in [3.05, 3.63) is 65.9 Å². The van der Waals surface area contributed by atoms with Gasteiger partial charge < -0.3 is 19.4 Å². The maximum Gasteiger partial charge on any atom is 0.318 e. The highest BCUT2D eigenvalue weighted by molar-refractivity contribution is 5.97. The van der Waals surface area contributed by atoms with Crippen LogP contribution in [0.4, 0.5) is 11.5 Å². The van der Waals surface area contributed by atoms with E-state index in [1.54, 1.807) is 4.90 Å². The summed E-state index contributed by atoms with van der Waals surface area (Å²) in [5.41, 5.74) is 4.34. The summed E-state index contributed by atoms with van der Waals surface area (Å²) in [6.45, 7) is 7.69. The minimum Gasteiger partial charge on any atom is -0.462 e. The van der Waals surface area contributed by atoms with Crippen molar-refractivity contribution in [2.45, 2.75) is 58.1 Å². The van der Waals surface area contributed by atoms with E-state index >= 15 is 0 Å². The molecule has 1 aromatic heterocycles. The van der Waals surface area contributed by atoms with Gasteiger partial charge in [0, 0.05) is 53.0 Å². The second-order valence-corrected chi connectivity index (χ2v) is 11.7. The number of fused-ring (bicyclic) bond motifs is 2. The molecule has 0 N–H and O–H groups in total. The van der Waals surface area contributed by atoms with Crippen LogP contribution in [0.2, 0.25) is 0 Å². The lowest BCUT2D eigenvalue weighted by atomic mass is 9.99. The predicted octanol–water partition coefficient (Wildman–Crippen LogP) is 4.48. The molecule has 6 rings (SSSR count). The lowest BCUT2D eigenvalue weighted by Crippen LogP contribution is -2.55. The molecule has 0 radical (unpaired) electrons. The van der Waals surface area contributed by atoms with E-state index in [2.05, 4.69) is 65.8 Å². The number of carbonyl (C=O) groups excluding carboxylic acids is 1. The molecule has 3 aromatic rings. The van der Waals surface area contributed by atoms with E-state index in [4.69, 9.17) is 18.8 Å². The molecule has 43 heavy (non-hydrogen) atoms. The predicted molar refractivity (Wildman–Crippen MR) is 169 cm³/mol. The Kier molecular flexibility index (Phi) is 7.43. The van der Waals surface area contributed by atoms with Gasteiger partial charge in [0.2, 0.25) is 5.91 Å². The number of ether oxygens (including phenoxy) is 1. The molecule has 9 nitrogen and oxygen atoms in total. The van der Waals surface area contributed by atoms with Crippen molar-refractivity contribution in [2.75, 3.05) is 55.7 Å². The summed E-state index contributed by atoms with van der Waals surface area (Å²) in [4.78, 5) is 30.7. The van der Waals surface area contributed by atoms with Crippen molar-refractivity contribution in [3.8, 4) is 12.1 Å². The van der Waals surface area contributed by atoms with Crippen LogP contribution in [0.1, 0.15) is 47.0 Å².